The van der Waals surface area contributed by atoms with E-state index in [0.717, 1.165) is 40.6 Å². The molecule has 0 atom stereocenters. The van der Waals surface area contributed by atoms with Crippen molar-refractivity contribution < 1.29 is 27.8 Å². The van der Waals surface area contributed by atoms with Crippen LogP contribution in [0.4, 0.5) is 30.4 Å². The monoisotopic (exact) mass is 598 g/mol. The number of ether oxygens (including phenoxy) is 2. The summed E-state index contributed by atoms with van der Waals surface area (Å²) in [6.07, 6.45) is 1.63. The fraction of sp³-hybridized carbons (Fsp3) is 0.296. The lowest BCUT2D eigenvalue weighted by atomic mass is 10.0. The molecule has 3 heterocycles. The van der Waals surface area contributed by atoms with Crippen molar-refractivity contribution in [2.45, 2.75) is 25.7 Å². The fourth-order valence-corrected chi connectivity index (χ4v) is 4.36. The third-order valence-corrected chi connectivity index (χ3v) is 6.21. The van der Waals surface area contributed by atoms with Gasteiger partial charge in [-0.05, 0) is 54.8 Å². The second-order valence-electron chi connectivity index (χ2n) is 9.48. The molecule has 0 unspecified atom stereocenters. The minimum atomic E-state index is -4.80. The lowest BCUT2D eigenvalue weighted by Gasteiger charge is -2.13. The van der Waals surface area contributed by atoms with Crippen molar-refractivity contribution in [3.8, 4) is 22.8 Å². The summed E-state index contributed by atoms with van der Waals surface area (Å²) in [4.78, 5) is 0. The Labute approximate surface area is 243 Å². The molecule has 226 valence electrons. The Bertz CT molecular complexity index is 1610. The Balaban J connectivity index is 1.02. The van der Waals surface area contributed by atoms with Crippen LogP contribution in [0, 0.1) is 0 Å². The zero-order valence-corrected chi connectivity index (χ0v) is 22.8. The van der Waals surface area contributed by atoms with Gasteiger partial charge in [-0.25, -0.2) is 0 Å². The highest BCUT2D eigenvalue weighted by Crippen LogP contribution is 2.31. The summed E-state index contributed by atoms with van der Waals surface area (Å²) in [6, 6.07) is 9.73. The van der Waals surface area contributed by atoms with Gasteiger partial charge in [0.2, 0.25) is 5.88 Å². The second-order valence-corrected chi connectivity index (χ2v) is 9.48. The van der Waals surface area contributed by atoms with Crippen molar-refractivity contribution in [1.29, 1.82) is 0 Å². The number of hydrogen-bond donors (Lipinski definition) is 6. The van der Waals surface area contributed by atoms with E-state index < -0.39 is 6.36 Å². The number of hydrogen-bond acceptors (Lipinski definition) is 11. The topological polar surface area (TPSA) is 171 Å². The van der Waals surface area contributed by atoms with Crippen molar-refractivity contribution in [3.63, 3.8) is 0 Å². The molecule has 6 N–H and O–H groups in total. The Morgan fingerprint density at radius 1 is 0.930 bits per heavy atom. The van der Waals surface area contributed by atoms with Gasteiger partial charge in [-0.3, -0.25) is 10.2 Å². The number of fused-ring (bicyclic) bond motifs is 1. The Hall–Kier alpha value is -4.96. The number of nitrogens with zero attached hydrogens (tertiary/aromatic N) is 5. The van der Waals surface area contributed by atoms with Gasteiger partial charge in [0.15, 0.2) is 5.82 Å². The molecule has 0 aliphatic heterocycles. The van der Waals surface area contributed by atoms with E-state index in [9.17, 15) is 18.3 Å². The van der Waals surface area contributed by atoms with Gasteiger partial charge in [0.05, 0.1) is 30.7 Å². The molecule has 16 heteroatoms. The van der Waals surface area contributed by atoms with Gasteiger partial charge in [0, 0.05) is 54.2 Å². The van der Waals surface area contributed by atoms with Crippen LogP contribution in [0.15, 0.2) is 55.0 Å². The summed E-state index contributed by atoms with van der Waals surface area (Å²) in [6.45, 7) is 2.63. The maximum Gasteiger partial charge on any atom is 0.573 e. The van der Waals surface area contributed by atoms with Crippen LogP contribution >= 0.6 is 0 Å². The number of nitrogens with one attached hydrogen (secondary N) is 5. The highest BCUT2D eigenvalue weighted by atomic mass is 19.4. The van der Waals surface area contributed by atoms with Gasteiger partial charge >= 0.3 is 6.36 Å². The van der Waals surface area contributed by atoms with Gasteiger partial charge in [0.25, 0.3) is 0 Å². The number of aromatic nitrogens is 7. The summed E-state index contributed by atoms with van der Waals surface area (Å²) >= 11 is 0. The molecule has 0 bridgehead atoms. The molecular weight excluding hydrogens is 569 g/mol. The zero-order valence-electron chi connectivity index (χ0n) is 22.8. The smallest absolute Gasteiger partial charge is 0.492 e. The van der Waals surface area contributed by atoms with Crippen LogP contribution in [-0.4, -0.2) is 73.6 Å². The molecule has 0 fully saturated rings. The summed E-state index contributed by atoms with van der Waals surface area (Å²) in [5.41, 5.74) is 4.29. The highest BCUT2D eigenvalue weighted by Gasteiger charge is 2.31. The standard InChI is InChI=1S/C27H29F3N10O3/c28-27(29,30)43-21-8-17(7-20(12-21)36-25-16-35-40-38-25)13-31-3-1-2-5-42-6-4-32-23-9-18(10-24-22(23)15-34-37-24)19-11-26(41)39-33-14-19/h7-12,14-16,31-32H,1-6,13H2,(H,34,37)(H,39,41)(H2,35,36,38,40). The van der Waals surface area contributed by atoms with Crippen LogP contribution in [0.2, 0.25) is 0 Å². The number of aromatic hydroxyl groups is 1. The van der Waals surface area contributed by atoms with E-state index in [-0.39, 0.29) is 11.6 Å². The van der Waals surface area contributed by atoms with E-state index in [0.29, 0.717) is 49.9 Å². The quantitative estimate of drug-likeness (QED) is 0.0939. The lowest BCUT2D eigenvalue weighted by molar-refractivity contribution is -0.274. The van der Waals surface area contributed by atoms with Gasteiger partial charge < -0.3 is 30.5 Å². The first-order valence-electron chi connectivity index (χ1n) is 13.4. The van der Waals surface area contributed by atoms with Gasteiger partial charge in [-0.2, -0.15) is 10.2 Å². The second kappa shape index (κ2) is 13.8. The minimum Gasteiger partial charge on any atom is -0.492 e. The first kappa shape index (κ1) is 29.5. The van der Waals surface area contributed by atoms with Gasteiger partial charge in [-0.15, -0.1) is 23.4 Å². The molecule has 5 aromatic rings. The predicted octanol–water partition coefficient (Wildman–Crippen LogP) is 4.48. The van der Waals surface area contributed by atoms with Crippen molar-refractivity contribution in [2.24, 2.45) is 0 Å². The molecule has 0 amide bonds. The molecule has 0 spiro atoms. The van der Waals surface area contributed by atoms with Crippen LogP contribution in [-0.2, 0) is 11.3 Å². The lowest BCUT2D eigenvalue weighted by Crippen LogP contribution is -2.18. The van der Waals surface area contributed by atoms with Crippen LogP contribution in [0.3, 0.4) is 0 Å². The predicted molar refractivity (Wildman–Crippen MR) is 152 cm³/mol. The van der Waals surface area contributed by atoms with E-state index in [1.165, 1.54) is 18.3 Å². The Morgan fingerprint density at radius 2 is 1.84 bits per heavy atom. The maximum atomic E-state index is 12.8. The van der Waals surface area contributed by atoms with E-state index >= 15 is 0 Å². The largest absolute Gasteiger partial charge is 0.573 e. The van der Waals surface area contributed by atoms with Crippen LogP contribution in [0.25, 0.3) is 22.0 Å². The minimum absolute atomic E-state index is 0.157. The maximum absolute atomic E-state index is 12.8. The molecule has 0 radical (unpaired) electrons. The number of aromatic amines is 2. The van der Waals surface area contributed by atoms with Crippen LogP contribution < -0.4 is 20.7 Å². The van der Waals surface area contributed by atoms with E-state index in [2.05, 4.69) is 56.5 Å². The molecule has 5 rings (SSSR count). The molecule has 2 aromatic carbocycles. The average molecular weight is 599 g/mol. The van der Waals surface area contributed by atoms with E-state index in [1.54, 1.807) is 24.5 Å². The number of alkyl halides is 3. The molecule has 0 aliphatic rings. The van der Waals surface area contributed by atoms with E-state index in [4.69, 9.17) is 4.74 Å². The first-order chi connectivity index (χ1) is 20.8. The SMILES string of the molecule is Oc1cc(-c2cc(NCCOCCCCNCc3cc(Nc4c[nH]nn4)cc(OC(F)(F)F)c3)c3cn[nH]c3c2)cnn1. The number of halogens is 3. The first-order valence-corrected chi connectivity index (χ1v) is 13.4. The highest BCUT2D eigenvalue weighted by molar-refractivity contribution is 5.95. The average Bonchev–Trinajstić information content (AvgIpc) is 3.65. The molecule has 3 aromatic heterocycles. The summed E-state index contributed by atoms with van der Waals surface area (Å²) in [7, 11) is 0. The number of rotatable bonds is 15. The molecule has 0 saturated carbocycles. The molecule has 13 nitrogen and oxygen atoms in total. The molecule has 43 heavy (non-hydrogen) atoms. The van der Waals surface area contributed by atoms with Crippen molar-refractivity contribution in [2.75, 3.05) is 36.9 Å². The molecule has 0 saturated heterocycles. The van der Waals surface area contributed by atoms with Crippen molar-refractivity contribution in [3.05, 3.63) is 60.6 Å². The third kappa shape index (κ3) is 8.76. The summed E-state index contributed by atoms with van der Waals surface area (Å²) < 4.78 is 48.3. The van der Waals surface area contributed by atoms with Crippen molar-refractivity contribution in [1.82, 2.24) is 41.1 Å². The van der Waals surface area contributed by atoms with Crippen LogP contribution in [0.1, 0.15) is 18.4 Å². The number of unbranched alkanes of at least 4 members (excludes halogenated alkanes) is 1. The van der Waals surface area contributed by atoms with E-state index in [1.807, 2.05) is 12.1 Å². The van der Waals surface area contributed by atoms with Gasteiger partial charge in [0.1, 0.15) is 5.75 Å². The van der Waals surface area contributed by atoms with Crippen LogP contribution in [0.5, 0.6) is 11.6 Å². The zero-order chi connectivity index (χ0) is 30.1. The molecule has 0 aliphatic carbocycles. The van der Waals surface area contributed by atoms with Crippen molar-refractivity contribution >= 4 is 28.1 Å². The summed E-state index contributed by atoms with van der Waals surface area (Å²) in [5.74, 6) is -0.116. The Morgan fingerprint density at radius 3 is 2.65 bits per heavy atom. The number of anilines is 3. The Kier molecular flexibility index (Phi) is 9.48. The third-order valence-electron chi connectivity index (χ3n) is 6.21. The number of H-pyrrole nitrogens is 2. The fourth-order valence-electron chi connectivity index (χ4n) is 4.36. The normalized spacial score (nSPS) is 11.6. The molecular formula is C27H29F3N10O3. The summed E-state index contributed by atoms with van der Waals surface area (Å²) in [5, 5.41) is 44.5. The van der Waals surface area contributed by atoms with Gasteiger partial charge in [-0.1, -0.05) is 5.21 Å². The number of benzene rings is 2.